The van der Waals surface area contributed by atoms with Gasteiger partial charge < -0.3 is 10.2 Å². The van der Waals surface area contributed by atoms with Crippen LogP contribution in [0.5, 0.6) is 0 Å². The van der Waals surface area contributed by atoms with Crippen LogP contribution in [0.2, 0.25) is 5.02 Å². The van der Waals surface area contributed by atoms with Crippen LogP contribution in [0.1, 0.15) is 49.9 Å². The van der Waals surface area contributed by atoms with Crippen molar-refractivity contribution in [1.82, 2.24) is 0 Å². The van der Waals surface area contributed by atoms with Crippen LogP contribution in [0.25, 0.3) is 11.6 Å². The zero-order valence-electron chi connectivity index (χ0n) is 18.9. The molecule has 0 atom stereocenters. The molecule has 31 heavy (non-hydrogen) atoms. The summed E-state index contributed by atoms with van der Waals surface area (Å²) < 4.78 is 0. The number of aryl methyl sites for hydroxylation is 1. The quantitative estimate of drug-likeness (QED) is 0.440. The summed E-state index contributed by atoms with van der Waals surface area (Å²) in [6.07, 6.45) is 3.80. The van der Waals surface area contributed by atoms with Crippen LogP contribution in [-0.4, -0.2) is 18.0 Å². The van der Waals surface area contributed by atoms with E-state index in [0.717, 1.165) is 34.5 Å². The van der Waals surface area contributed by atoms with Gasteiger partial charge in [-0.25, -0.2) is 0 Å². The first-order valence-electron chi connectivity index (χ1n) is 10.4. The van der Waals surface area contributed by atoms with Crippen molar-refractivity contribution in [3.05, 3.63) is 69.3 Å². The highest BCUT2D eigenvalue weighted by Crippen LogP contribution is 2.41. The fourth-order valence-electron chi connectivity index (χ4n) is 4.18. The Hall–Kier alpha value is -3.03. The van der Waals surface area contributed by atoms with Gasteiger partial charge in [-0.3, -0.25) is 4.79 Å². The Labute approximate surface area is 189 Å². The number of likely N-dealkylation sites (N-methyl/N-ethyl adjacent to an activating group) is 1. The summed E-state index contributed by atoms with van der Waals surface area (Å²) in [5, 5.41) is 13.0. The van der Waals surface area contributed by atoms with Gasteiger partial charge in [0.05, 0.1) is 5.54 Å². The number of carbonyl (C=O) groups is 1. The highest BCUT2D eigenvalue weighted by Gasteiger charge is 2.30. The topological polar surface area (TPSA) is 56.1 Å². The molecule has 2 aromatic rings. The first-order valence-corrected chi connectivity index (χ1v) is 10.8. The van der Waals surface area contributed by atoms with Crippen LogP contribution in [-0.2, 0) is 4.79 Å². The number of carbonyl (C=O) groups excluding carboxylic acids is 1. The first-order chi connectivity index (χ1) is 14.6. The van der Waals surface area contributed by atoms with Crippen molar-refractivity contribution in [1.29, 1.82) is 5.26 Å². The van der Waals surface area contributed by atoms with Gasteiger partial charge >= 0.3 is 0 Å². The number of hydrogen-bond acceptors (Lipinski definition) is 3. The predicted octanol–water partition coefficient (Wildman–Crippen LogP) is 6.52. The number of nitrogens with one attached hydrogen (secondary N) is 1. The molecule has 0 fully saturated rings. The highest BCUT2D eigenvalue weighted by molar-refractivity contribution is 6.32. The molecule has 4 nitrogen and oxygen atoms in total. The number of nitriles is 1. The summed E-state index contributed by atoms with van der Waals surface area (Å²) in [5.74, 6) is -0.450. The number of hydrogen-bond donors (Lipinski definition) is 1. The van der Waals surface area contributed by atoms with Gasteiger partial charge in [-0.2, -0.15) is 5.26 Å². The molecule has 1 amide bonds. The van der Waals surface area contributed by atoms with E-state index in [4.69, 9.17) is 11.6 Å². The molecule has 0 bridgehead atoms. The Morgan fingerprint density at radius 1 is 1.26 bits per heavy atom. The van der Waals surface area contributed by atoms with Crippen LogP contribution in [0.3, 0.4) is 0 Å². The standard InChI is InChI=1S/C26H28ClN3O/c1-7-30-24-13-22(27)19(12-21(24)17(3)14-26(30,5)6)11-20(15-28)25(31)29-23-10-8-9-16(2)18(23)4/h8-14H,7H2,1-6H3,(H,29,31)/b20-11+. The molecule has 0 saturated carbocycles. The molecule has 160 valence electrons. The SMILES string of the molecule is CCN1c2cc(Cl)c(/C=C(\C#N)C(=O)Nc3cccc(C)c3C)cc2C(C)=CC1(C)C. The molecule has 0 spiro atoms. The molecule has 3 rings (SSSR count). The monoisotopic (exact) mass is 433 g/mol. The van der Waals surface area contributed by atoms with Crippen LogP contribution >= 0.6 is 11.6 Å². The summed E-state index contributed by atoms with van der Waals surface area (Å²) in [5.41, 5.74) is 6.56. The summed E-state index contributed by atoms with van der Waals surface area (Å²) in [7, 11) is 0. The largest absolute Gasteiger partial charge is 0.363 e. The van der Waals surface area contributed by atoms with E-state index in [2.05, 4.69) is 44.0 Å². The van der Waals surface area contributed by atoms with E-state index in [1.807, 2.05) is 50.2 Å². The second-order valence-corrected chi connectivity index (χ2v) is 8.89. The van der Waals surface area contributed by atoms with Crippen LogP contribution in [0.4, 0.5) is 11.4 Å². The smallest absolute Gasteiger partial charge is 0.266 e. The maximum absolute atomic E-state index is 12.8. The van der Waals surface area contributed by atoms with Crippen LogP contribution < -0.4 is 10.2 Å². The number of anilines is 2. The second-order valence-electron chi connectivity index (χ2n) is 8.49. The summed E-state index contributed by atoms with van der Waals surface area (Å²) in [4.78, 5) is 15.1. The second kappa shape index (κ2) is 8.61. The van der Waals surface area contributed by atoms with Gasteiger partial charge in [0, 0.05) is 28.5 Å². The lowest BCUT2D eigenvalue weighted by atomic mass is 9.88. The number of halogens is 1. The number of amides is 1. The van der Waals surface area contributed by atoms with Crippen LogP contribution in [0.15, 0.2) is 42.0 Å². The lowest BCUT2D eigenvalue weighted by Crippen LogP contribution is -2.44. The zero-order valence-corrected chi connectivity index (χ0v) is 19.7. The molecule has 1 aliphatic rings. The summed E-state index contributed by atoms with van der Waals surface area (Å²) >= 11 is 6.60. The molecule has 0 saturated heterocycles. The van der Waals surface area contributed by atoms with Crippen molar-refractivity contribution in [2.24, 2.45) is 0 Å². The molecular formula is C26H28ClN3O. The van der Waals surface area contributed by atoms with Crippen molar-refractivity contribution in [2.75, 3.05) is 16.8 Å². The Kier molecular flexibility index (Phi) is 6.29. The number of benzene rings is 2. The van der Waals surface area contributed by atoms with E-state index in [9.17, 15) is 10.1 Å². The first kappa shape index (κ1) is 22.7. The van der Waals surface area contributed by atoms with Crippen LogP contribution in [0, 0.1) is 25.2 Å². The molecule has 0 aliphatic carbocycles. The maximum Gasteiger partial charge on any atom is 0.266 e. The van der Waals surface area contributed by atoms with Crippen molar-refractivity contribution < 1.29 is 4.79 Å². The average Bonchev–Trinajstić information content (AvgIpc) is 2.69. The van der Waals surface area contributed by atoms with Crippen molar-refractivity contribution in [3.8, 4) is 6.07 Å². The zero-order chi connectivity index (χ0) is 22.9. The van der Waals surface area contributed by atoms with Gasteiger partial charge in [-0.15, -0.1) is 0 Å². The average molecular weight is 434 g/mol. The molecule has 0 radical (unpaired) electrons. The minimum Gasteiger partial charge on any atom is -0.363 e. The maximum atomic E-state index is 12.8. The van der Waals surface area contributed by atoms with Crippen molar-refractivity contribution in [2.45, 2.75) is 47.1 Å². The molecule has 2 aromatic carbocycles. The Morgan fingerprint density at radius 2 is 1.97 bits per heavy atom. The van der Waals surface area contributed by atoms with Gasteiger partial charge in [-0.1, -0.05) is 29.8 Å². The summed E-state index contributed by atoms with van der Waals surface area (Å²) in [6.45, 7) is 13.3. The van der Waals surface area contributed by atoms with E-state index in [1.54, 1.807) is 6.08 Å². The Bertz CT molecular complexity index is 1150. The normalized spacial score (nSPS) is 15.1. The van der Waals surface area contributed by atoms with E-state index >= 15 is 0 Å². The van der Waals surface area contributed by atoms with E-state index in [0.29, 0.717) is 16.3 Å². The third kappa shape index (κ3) is 4.38. The molecule has 1 N–H and O–H groups in total. The van der Waals surface area contributed by atoms with Gasteiger partial charge in [0.2, 0.25) is 0 Å². The van der Waals surface area contributed by atoms with Crippen molar-refractivity contribution >= 4 is 40.5 Å². The van der Waals surface area contributed by atoms with Gasteiger partial charge in [0.1, 0.15) is 11.6 Å². The van der Waals surface area contributed by atoms with E-state index in [-0.39, 0.29) is 11.1 Å². The number of fused-ring (bicyclic) bond motifs is 1. The van der Waals surface area contributed by atoms with Gasteiger partial charge in [0.15, 0.2) is 0 Å². The molecule has 0 unspecified atom stereocenters. The highest BCUT2D eigenvalue weighted by atomic mass is 35.5. The number of allylic oxidation sites excluding steroid dienone is 1. The lowest BCUT2D eigenvalue weighted by Gasteiger charge is -2.43. The minimum absolute atomic E-state index is 0.00729. The van der Waals surface area contributed by atoms with Gasteiger partial charge in [0.25, 0.3) is 5.91 Å². The minimum atomic E-state index is -0.450. The molecule has 5 heteroatoms. The third-order valence-corrected chi connectivity index (χ3v) is 6.26. The molecule has 1 aliphatic heterocycles. The molecular weight excluding hydrogens is 406 g/mol. The number of nitrogens with zero attached hydrogens (tertiary/aromatic N) is 2. The fourth-order valence-corrected chi connectivity index (χ4v) is 4.40. The third-order valence-electron chi connectivity index (χ3n) is 5.93. The van der Waals surface area contributed by atoms with E-state index in [1.165, 1.54) is 0 Å². The lowest BCUT2D eigenvalue weighted by molar-refractivity contribution is -0.112. The van der Waals surface area contributed by atoms with Gasteiger partial charge in [-0.05, 0) is 88.1 Å². The van der Waals surface area contributed by atoms with Crippen molar-refractivity contribution in [3.63, 3.8) is 0 Å². The molecule has 0 aromatic heterocycles. The predicted molar refractivity (Wildman–Crippen MR) is 130 cm³/mol. The Balaban J connectivity index is 2.01. The fraction of sp³-hybridized carbons (Fsp3) is 0.308. The molecule has 1 heterocycles. The Morgan fingerprint density at radius 3 is 2.61 bits per heavy atom. The van der Waals surface area contributed by atoms with E-state index < -0.39 is 5.91 Å². The summed E-state index contributed by atoms with van der Waals surface area (Å²) in [6, 6.07) is 11.6. The number of rotatable bonds is 4.